The SMILES string of the molecule is Nc1cc(-c2ccc(-c3cc(-c4ccccc4)nc(-c4ccccc4)n3)cc2)ccc1-c1ccccc1-c1ccccc1. The van der Waals surface area contributed by atoms with Gasteiger partial charge in [0.15, 0.2) is 5.82 Å². The highest BCUT2D eigenvalue weighted by Crippen LogP contribution is 2.37. The summed E-state index contributed by atoms with van der Waals surface area (Å²) in [5.74, 6) is 0.708. The maximum Gasteiger partial charge on any atom is 0.160 e. The summed E-state index contributed by atoms with van der Waals surface area (Å²) in [5, 5.41) is 0. The van der Waals surface area contributed by atoms with Crippen LogP contribution < -0.4 is 5.73 Å². The van der Waals surface area contributed by atoms with Gasteiger partial charge in [-0.05, 0) is 39.9 Å². The standard InChI is InChI=1S/C40H29N3/c41-37-26-33(24-25-36(37)35-19-11-10-18-34(35)29-12-4-1-5-13-29)28-20-22-31(23-21-28)39-27-38(30-14-6-2-7-15-30)42-40(43-39)32-16-8-3-9-17-32/h1-27H,41H2. The van der Waals surface area contributed by atoms with Crippen molar-refractivity contribution in [2.45, 2.75) is 0 Å². The average Bonchev–Trinajstić information content (AvgIpc) is 3.09. The van der Waals surface area contributed by atoms with Gasteiger partial charge >= 0.3 is 0 Å². The lowest BCUT2D eigenvalue weighted by molar-refractivity contribution is 1.18. The van der Waals surface area contributed by atoms with Crippen molar-refractivity contribution in [1.29, 1.82) is 0 Å². The summed E-state index contributed by atoms with van der Waals surface area (Å²) in [6.07, 6.45) is 0. The molecule has 2 N–H and O–H groups in total. The molecule has 6 aromatic carbocycles. The second kappa shape index (κ2) is 11.6. The van der Waals surface area contributed by atoms with Crippen LogP contribution in [0.2, 0.25) is 0 Å². The van der Waals surface area contributed by atoms with Gasteiger partial charge < -0.3 is 5.73 Å². The Hall–Kier alpha value is -5.80. The van der Waals surface area contributed by atoms with E-state index in [4.69, 9.17) is 15.7 Å². The molecule has 7 rings (SSSR count). The molecule has 204 valence electrons. The summed E-state index contributed by atoms with van der Waals surface area (Å²) in [5.41, 5.74) is 19.0. The van der Waals surface area contributed by atoms with E-state index in [0.717, 1.165) is 56.0 Å². The van der Waals surface area contributed by atoms with Crippen molar-refractivity contribution >= 4 is 5.69 Å². The number of anilines is 1. The van der Waals surface area contributed by atoms with Crippen LogP contribution in [0.3, 0.4) is 0 Å². The average molecular weight is 552 g/mol. The molecule has 0 aliphatic heterocycles. The first-order valence-corrected chi connectivity index (χ1v) is 14.4. The largest absolute Gasteiger partial charge is 0.398 e. The Morgan fingerprint density at radius 3 is 1.40 bits per heavy atom. The minimum atomic E-state index is 0.708. The zero-order valence-corrected chi connectivity index (χ0v) is 23.6. The second-order valence-corrected chi connectivity index (χ2v) is 10.5. The van der Waals surface area contributed by atoms with Gasteiger partial charge in [-0.1, -0.05) is 152 Å². The van der Waals surface area contributed by atoms with Crippen LogP contribution in [-0.4, -0.2) is 9.97 Å². The Labute approximate surface area is 252 Å². The third-order valence-electron chi connectivity index (χ3n) is 7.70. The molecule has 0 atom stereocenters. The third-order valence-corrected chi connectivity index (χ3v) is 7.70. The first-order valence-electron chi connectivity index (χ1n) is 14.4. The van der Waals surface area contributed by atoms with Crippen molar-refractivity contribution in [3.8, 4) is 67.3 Å². The Bertz CT molecular complexity index is 1940. The lowest BCUT2D eigenvalue weighted by Crippen LogP contribution is -1.96. The van der Waals surface area contributed by atoms with Crippen LogP contribution in [0.25, 0.3) is 67.3 Å². The molecule has 3 nitrogen and oxygen atoms in total. The number of nitrogen functional groups attached to an aromatic ring is 1. The van der Waals surface area contributed by atoms with E-state index in [-0.39, 0.29) is 0 Å². The number of aromatic nitrogens is 2. The molecule has 1 heterocycles. The van der Waals surface area contributed by atoms with Crippen molar-refractivity contribution in [2.24, 2.45) is 0 Å². The van der Waals surface area contributed by atoms with Gasteiger partial charge in [-0.25, -0.2) is 9.97 Å². The monoisotopic (exact) mass is 551 g/mol. The fraction of sp³-hybridized carbons (Fsp3) is 0. The molecule has 43 heavy (non-hydrogen) atoms. The van der Waals surface area contributed by atoms with Gasteiger partial charge in [0.2, 0.25) is 0 Å². The smallest absolute Gasteiger partial charge is 0.160 e. The predicted octanol–water partition coefficient (Wildman–Crippen LogP) is 10.1. The molecule has 0 amide bonds. The van der Waals surface area contributed by atoms with E-state index < -0.39 is 0 Å². The number of hydrogen-bond acceptors (Lipinski definition) is 3. The van der Waals surface area contributed by atoms with E-state index in [9.17, 15) is 0 Å². The van der Waals surface area contributed by atoms with E-state index >= 15 is 0 Å². The first-order chi connectivity index (χ1) is 21.2. The van der Waals surface area contributed by atoms with Gasteiger partial charge in [0, 0.05) is 27.9 Å². The number of nitrogens with two attached hydrogens (primary N) is 1. The fourth-order valence-corrected chi connectivity index (χ4v) is 5.48. The summed E-state index contributed by atoms with van der Waals surface area (Å²) in [6.45, 7) is 0. The van der Waals surface area contributed by atoms with Crippen LogP contribution in [0.4, 0.5) is 5.69 Å². The second-order valence-electron chi connectivity index (χ2n) is 10.5. The van der Waals surface area contributed by atoms with Gasteiger partial charge in [-0.3, -0.25) is 0 Å². The van der Waals surface area contributed by atoms with E-state index in [0.29, 0.717) is 5.82 Å². The Morgan fingerprint density at radius 2 is 0.791 bits per heavy atom. The molecule has 7 aromatic rings. The molecule has 0 saturated heterocycles. The normalized spacial score (nSPS) is 10.9. The molecule has 0 fully saturated rings. The minimum absolute atomic E-state index is 0.708. The number of hydrogen-bond donors (Lipinski definition) is 1. The zero-order valence-electron chi connectivity index (χ0n) is 23.6. The van der Waals surface area contributed by atoms with Gasteiger partial charge in [0.1, 0.15) is 0 Å². The number of nitrogens with zero attached hydrogens (tertiary/aromatic N) is 2. The Kier molecular flexibility index (Phi) is 7.04. The van der Waals surface area contributed by atoms with Crippen molar-refractivity contribution in [1.82, 2.24) is 9.97 Å². The molecule has 0 bridgehead atoms. The van der Waals surface area contributed by atoms with Gasteiger partial charge in [-0.15, -0.1) is 0 Å². The lowest BCUT2D eigenvalue weighted by Gasteiger charge is -2.14. The highest BCUT2D eigenvalue weighted by Gasteiger charge is 2.13. The maximum absolute atomic E-state index is 6.69. The molecular formula is C40H29N3. The van der Waals surface area contributed by atoms with Crippen LogP contribution in [-0.2, 0) is 0 Å². The van der Waals surface area contributed by atoms with Crippen molar-refractivity contribution in [3.05, 3.63) is 164 Å². The molecule has 0 aliphatic carbocycles. The summed E-state index contributed by atoms with van der Waals surface area (Å²) in [6, 6.07) is 56.1. The van der Waals surface area contributed by atoms with Gasteiger partial charge in [-0.2, -0.15) is 0 Å². The van der Waals surface area contributed by atoms with Crippen LogP contribution in [0.15, 0.2) is 164 Å². The minimum Gasteiger partial charge on any atom is -0.398 e. The highest BCUT2D eigenvalue weighted by molar-refractivity contribution is 5.90. The van der Waals surface area contributed by atoms with Gasteiger partial charge in [0.25, 0.3) is 0 Å². The molecule has 0 spiro atoms. The Balaban J connectivity index is 1.23. The summed E-state index contributed by atoms with van der Waals surface area (Å²) in [7, 11) is 0. The van der Waals surface area contributed by atoms with E-state index in [2.05, 4.69) is 109 Å². The first kappa shape index (κ1) is 26.1. The zero-order chi connectivity index (χ0) is 29.0. The van der Waals surface area contributed by atoms with Crippen LogP contribution in [0.5, 0.6) is 0 Å². The summed E-state index contributed by atoms with van der Waals surface area (Å²) in [4.78, 5) is 9.87. The van der Waals surface area contributed by atoms with E-state index in [1.165, 1.54) is 11.1 Å². The fourth-order valence-electron chi connectivity index (χ4n) is 5.48. The van der Waals surface area contributed by atoms with Crippen LogP contribution in [0.1, 0.15) is 0 Å². The number of rotatable bonds is 6. The molecule has 1 aromatic heterocycles. The Morgan fingerprint density at radius 1 is 0.326 bits per heavy atom. The third kappa shape index (κ3) is 5.44. The quantitative estimate of drug-likeness (QED) is 0.209. The van der Waals surface area contributed by atoms with E-state index in [1.807, 2.05) is 54.6 Å². The maximum atomic E-state index is 6.69. The molecular weight excluding hydrogens is 522 g/mol. The van der Waals surface area contributed by atoms with Crippen LogP contribution in [0, 0.1) is 0 Å². The molecule has 0 radical (unpaired) electrons. The summed E-state index contributed by atoms with van der Waals surface area (Å²) < 4.78 is 0. The van der Waals surface area contributed by atoms with Gasteiger partial charge in [0.05, 0.1) is 11.4 Å². The topological polar surface area (TPSA) is 51.8 Å². The van der Waals surface area contributed by atoms with Crippen molar-refractivity contribution in [2.75, 3.05) is 5.73 Å². The van der Waals surface area contributed by atoms with Crippen molar-refractivity contribution < 1.29 is 0 Å². The molecule has 0 aliphatic rings. The van der Waals surface area contributed by atoms with E-state index in [1.54, 1.807) is 0 Å². The molecule has 0 unspecified atom stereocenters. The molecule has 3 heteroatoms. The molecule has 0 saturated carbocycles. The van der Waals surface area contributed by atoms with Crippen molar-refractivity contribution in [3.63, 3.8) is 0 Å². The highest BCUT2D eigenvalue weighted by atomic mass is 14.9. The number of benzene rings is 6. The summed E-state index contributed by atoms with van der Waals surface area (Å²) >= 11 is 0. The lowest BCUT2D eigenvalue weighted by atomic mass is 9.92. The van der Waals surface area contributed by atoms with Crippen LogP contribution >= 0.6 is 0 Å². The predicted molar refractivity (Wildman–Crippen MR) is 179 cm³/mol.